The van der Waals surface area contributed by atoms with Gasteiger partial charge in [-0.05, 0) is 57.5 Å². The number of anilines is 2. The van der Waals surface area contributed by atoms with Crippen LogP contribution < -0.4 is 5.32 Å². The number of aromatic hydroxyl groups is 1. The standard InChI is InChI=1S/C28H29N3O5S/c1-5-35-26(33)23-16(3)29-17(4)24(27(34)36-6-2)25(23)18-10-9-11-19(14-18)30-28-31-21(15-37-28)20-12-7-8-13-22(20)32/h7-15,23,25,32H,5-6H2,1-4H3,(H,30,31). The molecule has 0 saturated heterocycles. The number of carbonyl (C=O) groups is 2. The van der Waals surface area contributed by atoms with Gasteiger partial charge in [0.05, 0.1) is 24.5 Å². The third kappa shape index (κ3) is 5.56. The lowest BCUT2D eigenvalue weighted by atomic mass is 9.75. The molecule has 1 aliphatic rings. The number of nitrogens with one attached hydrogen (secondary N) is 1. The van der Waals surface area contributed by atoms with Gasteiger partial charge in [0.1, 0.15) is 11.7 Å². The predicted octanol–water partition coefficient (Wildman–Crippen LogP) is 5.83. The molecule has 2 unspecified atom stereocenters. The zero-order valence-electron chi connectivity index (χ0n) is 21.1. The van der Waals surface area contributed by atoms with Crippen molar-refractivity contribution >= 4 is 39.8 Å². The molecule has 2 atom stereocenters. The summed E-state index contributed by atoms with van der Waals surface area (Å²) in [5, 5.41) is 16.0. The Kier molecular flexibility index (Phi) is 8.03. The van der Waals surface area contributed by atoms with Gasteiger partial charge in [0.2, 0.25) is 0 Å². The van der Waals surface area contributed by atoms with Crippen molar-refractivity contribution in [2.75, 3.05) is 18.5 Å². The van der Waals surface area contributed by atoms with Gasteiger partial charge in [-0.15, -0.1) is 11.3 Å². The number of nitrogens with zero attached hydrogens (tertiary/aromatic N) is 2. The lowest BCUT2D eigenvalue weighted by Crippen LogP contribution is -2.36. The highest BCUT2D eigenvalue weighted by Crippen LogP contribution is 2.41. The quantitative estimate of drug-likeness (QED) is 0.360. The third-order valence-corrected chi connectivity index (χ3v) is 6.80. The van der Waals surface area contributed by atoms with E-state index < -0.39 is 23.8 Å². The van der Waals surface area contributed by atoms with E-state index in [0.29, 0.717) is 33.4 Å². The summed E-state index contributed by atoms with van der Waals surface area (Å²) >= 11 is 1.40. The summed E-state index contributed by atoms with van der Waals surface area (Å²) in [7, 11) is 0. The van der Waals surface area contributed by atoms with Crippen molar-refractivity contribution in [2.24, 2.45) is 10.9 Å². The van der Waals surface area contributed by atoms with Crippen LogP contribution in [0.4, 0.5) is 10.8 Å². The van der Waals surface area contributed by atoms with Gasteiger partial charge in [-0.1, -0.05) is 24.3 Å². The van der Waals surface area contributed by atoms with Crippen LogP contribution in [-0.4, -0.2) is 41.0 Å². The van der Waals surface area contributed by atoms with Crippen molar-refractivity contribution in [3.05, 3.63) is 70.7 Å². The van der Waals surface area contributed by atoms with E-state index in [1.165, 1.54) is 11.3 Å². The lowest BCUT2D eigenvalue weighted by molar-refractivity contribution is -0.146. The molecule has 1 aromatic heterocycles. The molecular weight excluding hydrogens is 490 g/mol. The van der Waals surface area contributed by atoms with Crippen LogP contribution in [0.25, 0.3) is 11.3 Å². The molecule has 9 heteroatoms. The van der Waals surface area contributed by atoms with Crippen LogP contribution in [0.1, 0.15) is 39.2 Å². The van der Waals surface area contributed by atoms with Crippen LogP contribution in [0.5, 0.6) is 5.75 Å². The largest absolute Gasteiger partial charge is 0.507 e. The molecule has 4 rings (SSSR count). The molecule has 1 aliphatic heterocycles. The number of phenolic OH excluding ortho intramolecular Hbond substituents is 1. The molecule has 0 fully saturated rings. The summed E-state index contributed by atoms with van der Waals surface area (Å²) in [5.74, 6) is -2.15. The molecule has 192 valence electrons. The maximum absolute atomic E-state index is 13.0. The highest BCUT2D eigenvalue weighted by molar-refractivity contribution is 7.14. The molecule has 2 N–H and O–H groups in total. The molecule has 37 heavy (non-hydrogen) atoms. The van der Waals surface area contributed by atoms with Crippen LogP contribution in [0, 0.1) is 5.92 Å². The molecule has 3 aromatic rings. The van der Waals surface area contributed by atoms with Gasteiger partial charge in [0.15, 0.2) is 5.13 Å². The van der Waals surface area contributed by atoms with Crippen molar-refractivity contribution in [2.45, 2.75) is 33.6 Å². The maximum Gasteiger partial charge on any atom is 0.336 e. The molecule has 0 aliphatic carbocycles. The first-order valence-corrected chi connectivity index (χ1v) is 12.9. The Morgan fingerprint density at radius 3 is 2.54 bits per heavy atom. The van der Waals surface area contributed by atoms with Gasteiger partial charge in [0, 0.05) is 34.0 Å². The van der Waals surface area contributed by atoms with E-state index in [1.807, 2.05) is 41.8 Å². The van der Waals surface area contributed by atoms with Crippen molar-refractivity contribution in [1.82, 2.24) is 4.98 Å². The van der Waals surface area contributed by atoms with E-state index in [2.05, 4.69) is 15.3 Å². The summed E-state index contributed by atoms with van der Waals surface area (Å²) in [6.07, 6.45) is 0. The van der Waals surface area contributed by atoms with Crippen LogP contribution in [0.15, 0.2) is 70.2 Å². The molecular formula is C28H29N3O5S. The van der Waals surface area contributed by atoms with Crippen molar-refractivity contribution < 1.29 is 24.2 Å². The average Bonchev–Trinajstić information content (AvgIpc) is 3.32. The fourth-order valence-corrected chi connectivity index (χ4v) is 5.22. The third-order valence-electron chi connectivity index (χ3n) is 6.05. The molecule has 0 amide bonds. The number of ether oxygens (including phenoxy) is 2. The number of allylic oxidation sites excluding steroid dienone is 1. The van der Waals surface area contributed by atoms with E-state index in [4.69, 9.17) is 9.47 Å². The minimum absolute atomic E-state index is 0.161. The first-order valence-electron chi connectivity index (χ1n) is 12.0. The summed E-state index contributed by atoms with van der Waals surface area (Å²) in [6.45, 7) is 7.45. The summed E-state index contributed by atoms with van der Waals surface area (Å²) in [5.41, 5.74) is 4.24. The van der Waals surface area contributed by atoms with E-state index in [0.717, 1.165) is 11.3 Å². The summed E-state index contributed by atoms with van der Waals surface area (Å²) < 4.78 is 10.7. The monoisotopic (exact) mass is 519 g/mol. The van der Waals surface area contributed by atoms with E-state index in [-0.39, 0.29) is 19.0 Å². The summed E-state index contributed by atoms with van der Waals surface area (Å²) in [6, 6.07) is 14.5. The van der Waals surface area contributed by atoms with Crippen molar-refractivity contribution in [3.8, 4) is 17.0 Å². The summed E-state index contributed by atoms with van der Waals surface area (Å²) in [4.78, 5) is 35.2. The number of hydrogen-bond acceptors (Lipinski definition) is 9. The molecule has 8 nitrogen and oxygen atoms in total. The maximum atomic E-state index is 13.0. The Hall–Kier alpha value is -3.98. The molecule has 0 bridgehead atoms. The number of phenols is 1. The number of rotatable bonds is 8. The van der Waals surface area contributed by atoms with E-state index in [1.54, 1.807) is 39.8 Å². The zero-order valence-corrected chi connectivity index (χ0v) is 22.0. The molecule has 2 heterocycles. The number of hydrogen-bond donors (Lipinski definition) is 2. The Morgan fingerprint density at radius 2 is 1.81 bits per heavy atom. The van der Waals surface area contributed by atoms with Crippen LogP contribution >= 0.6 is 11.3 Å². The zero-order chi connectivity index (χ0) is 26.5. The number of aromatic nitrogens is 1. The van der Waals surface area contributed by atoms with Gasteiger partial charge >= 0.3 is 11.9 Å². The predicted molar refractivity (Wildman–Crippen MR) is 144 cm³/mol. The molecule has 2 aromatic carbocycles. The normalized spacial score (nSPS) is 17.2. The van der Waals surface area contributed by atoms with E-state index >= 15 is 0 Å². The van der Waals surface area contributed by atoms with Gasteiger partial charge in [0.25, 0.3) is 0 Å². The minimum Gasteiger partial charge on any atom is -0.507 e. The first-order chi connectivity index (χ1) is 17.8. The van der Waals surface area contributed by atoms with Gasteiger partial charge in [-0.3, -0.25) is 9.79 Å². The highest BCUT2D eigenvalue weighted by Gasteiger charge is 2.42. The number of thiazole rings is 1. The van der Waals surface area contributed by atoms with Crippen LogP contribution in [0.3, 0.4) is 0 Å². The average molecular weight is 520 g/mol. The van der Waals surface area contributed by atoms with Crippen molar-refractivity contribution in [1.29, 1.82) is 0 Å². The highest BCUT2D eigenvalue weighted by atomic mass is 32.1. The topological polar surface area (TPSA) is 110 Å². The number of aliphatic imine (C=N–C) groups is 1. The second-order valence-electron chi connectivity index (χ2n) is 8.49. The molecule has 0 saturated carbocycles. The Bertz CT molecular complexity index is 1380. The fraction of sp³-hybridized carbons (Fsp3) is 0.286. The van der Waals surface area contributed by atoms with Gasteiger partial charge < -0.3 is 19.9 Å². The van der Waals surface area contributed by atoms with Crippen LogP contribution in [-0.2, 0) is 19.1 Å². The number of esters is 2. The second kappa shape index (κ2) is 11.4. The fourth-order valence-electron chi connectivity index (χ4n) is 4.49. The van der Waals surface area contributed by atoms with Crippen LogP contribution in [0.2, 0.25) is 0 Å². The number of para-hydroxylation sites is 1. The Morgan fingerprint density at radius 1 is 1.05 bits per heavy atom. The minimum atomic E-state index is -0.758. The Balaban J connectivity index is 1.70. The van der Waals surface area contributed by atoms with Gasteiger partial charge in [-0.2, -0.15) is 0 Å². The molecule has 0 radical (unpaired) electrons. The number of carbonyl (C=O) groups excluding carboxylic acids is 2. The SMILES string of the molecule is CCOC(=O)C1=C(C)N=C(C)C(C(=O)OCC)C1c1cccc(Nc2nc(-c3ccccc3O)cs2)c1. The van der Waals surface area contributed by atoms with E-state index in [9.17, 15) is 14.7 Å². The Labute approximate surface area is 219 Å². The molecule has 0 spiro atoms. The second-order valence-corrected chi connectivity index (χ2v) is 9.34. The smallest absolute Gasteiger partial charge is 0.336 e. The first kappa shape index (κ1) is 26.1. The van der Waals surface area contributed by atoms with Gasteiger partial charge in [-0.25, -0.2) is 9.78 Å². The lowest BCUT2D eigenvalue weighted by Gasteiger charge is -2.31. The van der Waals surface area contributed by atoms with Crippen molar-refractivity contribution in [3.63, 3.8) is 0 Å². The number of benzene rings is 2.